The van der Waals surface area contributed by atoms with Gasteiger partial charge in [-0.15, -0.1) is 0 Å². The number of carbonyl (C=O) groups is 1. The summed E-state index contributed by atoms with van der Waals surface area (Å²) in [5.74, 6) is 0.839. The highest BCUT2D eigenvalue weighted by molar-refractivity contribution is 5.92. The fraction of sp³-hybridized carbons (Fsp3) is 0.308. The minimum absolute atomic E-state index is 0.0998. The Hall–Kier alpha value is -2.04. The number of amides is 1. The van der Waals surface area contributed by atoms with E-state index in [1.165, 1.54) is 11.2 Å². The van der Waals surface area contributed by atoms with E-state index in [2.05, 4.69) is 0 Å². The molecule has 2 aliphatic heterocycles. The predicted octanol–water partition coefficient (Wildman–Crippen LogP) is 1.87. The fourth-order valence-electron chi connectivity index (χ4n) is 2.04. The first-order valence-electron chi connectivity index (χ1n) is 5.81. The van der Waals surface area contributed by atoms with Gasteiger partial charge in [-0.1, -0.05) is 12.1 Å². The van der Waals surface area contributed by atoms with E-state index in [1.54, 1.807) is 18.2 Å². The number of hydrogen-bond acceptors (Lipinski definition) is 3. The number of para-hydroxylation sites is 2. The molecule has 1 amide bonds. The van der Waals surface area contributed by atoms with Crippen molar-refractivity contribution in [2.45, 2.75) is 12.6 Å². The van der Waals surface area contributed by atoms with Crippen LogP contribution in [0.3, 0.4) is 0 Å². The summed E-state index contributed by atoms with van der Waals surface area (Å²) in [5, 5.41) is 0. The SMILES string of the molecule is O=C(C1=COc2ccccc2O1)N1CC[C@@H](F)C1. The smallest absolute Gasteiger partial charge is 0.292 e. The zero-order valence-electron chi connectivity index (χ0n) is 9.64. The number of likely N-dealkylation sites (tertiary alicyclic amines) is 1. The van der Waals surface area contributed by atoms with Gasteiger partial charge < -0.3 is 14.4 Å². The molecule has 1 aromatic carbocycles. The van der Waals surface area contributed by atoms with Gasteiger partial charge in [-0.3, -0.25) is 4.79 Å². The molecule has 1 saturated heterocycles. The van der Waals surface area contributed by atoms with Gasteiger partial charge in [-0.25, -0.2) is 4.39 Å². The van der Waals surface area contributed by atoms with Gasteiger partial charge in [0.05, 0.1) is 6.54 Å². The van der Waals surface area contributed by atoms with Crippen molar-refractivity contribution in [2.24, 2.45) is 0 Å². The molecule has 4 nitrogen and oxygen atoms in total. The molecule has 5 heteroatoms. The lowest BCUT2D eigenvalue weighted by molar-refractivity contribution is -0.128. The third kappa shape index (κ3) is 1.92. The number of alkyl halides is 1. The molecule has 0 bridgehead atoms. The average Bonchev–Trinajstić information content (AvgIpc) is 2.84. The first-order chi connectivity index (χ1) is 8.74. The standard InChI is InChI=1S/C13H12FNO3/c14-9-5-6-15(7-9)13(16)12-8-17-10-3-1-2-4-11(10)18-12/h1-4,8-9H,5-7H2/t9-/m1/s1. The van der Waals surface area contributed by atoms with Gasteiger partial charge in [0.2, 0.25) is 5.76 Å². The molecule has 94 valence electrons. The topological polar surface area (TPSA) is 38.8 Å². The Kier molecular flexibility index (Phi) is 2.66. The number of benzene rings is 1. The number of fused-ring (bicyclic) bond motifs is 1. The third-order valence-electron chi connectivity index (χ3n) is 2.99. The highest BCUT2D eigenvalue weighted by Crippen LogP contribution is 2.32. The Bertz CT molecular complexity index is 515. The van der Waals surface area contributed by atoms with Crippen LogP contribution < -0.4 is 9.47 Å². The molecule has 2 aliphatic rings. The Morgan fingerprint density at radius 3 is 2.83 bits per heavy atom. The zero-order chi connectivity index (χ0) is 12.5. The van der Waals surface area contributed by atoms with Crippen molar-refractivity contribution < 1.29 is 18.7 Å². The van der Waals surface area contributed by atoms with Crippen LogP contribution in [-0.4, -0.2) is 30.1 Å². The van der Waals surface area contributed by atoms with E-state index in [4.69, 9.17) is 9.47 Å². The molecular formula is C13H12FNO3. The molecule has 0 spiro atoms. The summed E-state index contributed by atoms with van der Waals surface area (Å²) < 4.78 is 23.8. The van der Waals surface area contributed by atoms with Crippen LogP contribution in [0.1, 0.15) is 6.42 Å². The largest absolute Gasteiger partial charge is 0.457 e. The molecule has 1 atom stereocenters. The van der Waals surface area contributed by atoms with Crippen LogP contribution >= 0.6 is 0 Å². The molecule has 1 aromatic rings. The van der Waals surface area contributed by atoms with E-state index in [0.717, 1.165) is 0 Å². The van der Waals surface area contributed by atoms with Gasteiger partial charge in [0, 0.05) is 6.54 Å². The molecule has 0 aliphatic carbocycles. The van der Waals surface area contributed by atoms with Gasteiger partial charge >= 0.3 is 0 Å². The molecule has 0 saturated carbocycles. The summed E-state index contributed by atoms with van der Waals surface area (Å²) in [6.07, 6.45) is 0.721. The minimum Gasteiger partial charge on any atom is -0.457 e. The monoisotopic (exact) mass is 249 g/mol. The molecule has 0 N–H and O–H groups in total. The van der Waals surface area contributed by atoms with Crippen LogP contribution in [-0.2, 0) is 4.79 Å². The molecular weight excluding hydrogens is 237 g/mol. The second kappa shape index (κ2) is 4.33. The first-order valence-corrected chi connectivity index (χ1v) is 5.81. The van der Waals surface area contributed by atoms with Crippen molar-refractivity contribution in [1.82, 2.24) is 4.90 Å². The second-order valence-corrected chi connectivity index (χ2v) is 4.29. The zero-order valence-corrected chi connectivity index (χ0v) is 9.64. The number of hydrogen-bond donors (Lipinski definition) is 0. The Labute approximate surface area is 104 Å². The van der Waals surface area contributed by atoms with Crippen molar-refractivity contribution in [3.63, 3.8) is 0 Å². The molecule has 0 aromatic heterocycles. The van der Waals surface area contributed by atoms with E-state index >= 15 is 0 Å². The molecule has 2 heterocycles. The summed E-state index contributed by atoms with van der Waals surface area (Å²) in [6, 6.07) is 7.08. The Balaban J connectivity index is 1.75. The highest BCUT2D eigenvalue weighted by Gasteiger charge is 2.30. The van der Waals surface area contributed by atoms with Gasteiger partial charge in [0.15, 0.2) is 11.5 Å². The van der Waals surface area contributed by atoms with E-state index in [9.17, 15) is 9.18 Å². The summed E-state index contributed by atoms with van der Waals surface area (Å²) in [7, 11) is 0. The van der Waals surface area contributed by atoms with Crippen molar-refractivity contribution in [2.75, 3.05) is 13.1 Å². The maximum absolute atomic E-state index is 13.1. The Morgan fingerprint density at radius 1 is 1.33 bits per heavy atom. The normalized spacial score (nSPS) is 21.7. The van der Waals surface area contributed by atoms with Crippen molar-refractivity contribution >= 4 is 5.91 Å². The third-order valence-corrected chi connectivity index (χ3v) is 2.99. The highest BCUT2D eigenvalue weighted by atomic mass is 19.1. The van der Waals surface area contributed by atoms with Crippen LogP contribution in [0.4, 0.5) is 4.39 Å². The molecule has 1 fully saturated rings. The fourth-order valence-corrected chi connectivity index (χ4v) is 2.04. The molecule has 0 unspecified atom stereocenters. The quantitative estimate of drug-likeness (QED) is 0.762. The average molecular weight is 249 g/mol. The maximum Gasteiger partial charge on any atom is 0.292 e. The maximum atomic E-state index is 13.1. The van der Waals surface area contributed by atoms with Gasteiger partial charge in [0.25, 0.3) is 5.91 Å². The number of nitrogens with zero attached hydrogens (tertiary/aromatic N) is 1. The number of rotatable bonds is 1. The van der Waals surface area contributed by atoms with E-state index < -0.39 is 6.17 Å². The Morgan fingerprint density at radius 2 is 2.11 bits per heavy atom. The number of halogens is 1. The van der Waals surface area contributed by atoms with Crippen LogP contribution in [0.5, 0.6) is 11.5 Å². The van der Waals surface area contributed by atoms with Crippen LogP contribution in [0, 0.1) is 0 Å². The predicted molar refractivity (Wildman–Crippen MR) is 61.9 cm³/mol. The summed E-state index contributed by atoms with van der Waals surface area (Å²) in [6.45, 7) is 0.545. The number of carbonyl (C=O) groups excluding carboxylic acids is 1. The lowest BCUT2D eigenvalue weighted by atomic mass is 10.3. The lowest BCUT2D eigenvalue weighted by Gasteiger charge is -2.21. The van der Waals surface area contributed by atoms with E-state index in [0.29, 0.717) is 24.5 Å². The lowest BCUT2D eigenvalue weighted by Crippen LogP contribution is -2.32. The van der Waals surface area contributed by atoms with E-state index in [1.807, 2.05) is 6.07 Å². The van der Waals surface area contributed by atoms with Crippen molar-refractivity contribution in [1.29, 1.82) is 0 Å². The van der Waals surface area contributed by atoms with Gasteiger partial charge in [0.1, 0.15) is 12.4 Å². The molecule has 18 heavy (non-hydrogen) atoms. The molecule has 0 radical (unpaired) electrons. The van der Waals surface area contributed by atoms with Gasteiger partial charge in [-0.05, 0) is 18.6 Å². The first kappa shape index (κ1) is 11.1. The van der Waals surface area contributed by atoms with Crippen molar-refractivity contribution in [3.05, 3.63) is 36.3 Å². The van der Waals surface area contributed by atoms with E-state index in [-0.39, 0.29) is 18.2 Å². The number of ether oxygens (including phenoxy) is 2. The summed E-state index contributed by atoms with van der Waals surface area (Å²) in [4.78, 5) is 13.5. The van der Waals surface area contributed by atoms with Crippen LogP contribution in [0.2, 0.25) is 0 Å². The summed E-state index contributed by atoms with van der Waals surface area (Å²) >= 11 is 0. The second-order valence-electron chi connectivity index (χ2n) is 4.29. The summed E-state index contributed by atoms with van der Waals surface area (Å²) in [5.41, 5.74) is 0. The van der Waals surface area contributed by atoms with Crippen molar-refractivity contribution in [3.8, 4) is 11.5 Å². The minimum atomic E-state index is -0.939. The molecule has 3 rings (SSSR count). The van der Waals surface area contributed by atoms with Crippen LogP contribution in [0.25, 0.3) is 0 Å². The van der Waals surface area contributed by atoms with Gasteiger partial charge in [-0.2, -0.15) is 0 Å². The van der Waals surface area contributed by atoms with Crippen LogP contribution in [0.15, 0.2) is 36.3 Å².